The lowest BCUT2D eigenvalue weighted by molar-refractivity contribution is -0.156. The Hall–Kier alpha value is -4.19. The molecule has 12 fully saturated rings. The number of carbonyl (C=O) groups excluding carboxylic acids is 2. The van der Waals surface area contributed by atoms with Gasteiger partial charge in [0, 0.05) is 16.9 Å². The van der Waals surface area contributed by atoms with E-state index in [9.17, 15) is 65.2 Å². The summed E-state index contributed by atoms with van der Waals surface area (Å²) < 4.78 is 204. The summed E-state index contributed by atoms with van der Waals surface area (Å²) in [4.78, 5) is 21.4. The molecule has 117 heavy (non-hydrogen) atoms. The molecule has 656 valence electrons. The van der Waals surface area contributed by atoms with Crippen molar-refractivity contribution in [3.8, 4) is 0 Å². The predicted molar refractivity (Wildman–Crippen MR) is 441 cm³/mol. The van der Waals surface area contributed by atoms with Gasteiger partial charge in [-0.25, -0.2) is 55.3 Å². The Morgan fingerprint density at radius 2 is 0.624 bits per heavy atom. The van der Waals surface area contributed by atoms with Crippen LogP contribution in [0.25, 0.3) is 0 Å². The topological polar surface area (TPSA) is 390 Å². The fourth-order valence-corrected chi connectivity index (χ4v) is 31.0. The summed E-state index contributed by atoms with van der Waals surface area (Å²) in [5, 5.41) is 18.9. The molecule has 4 aromatic rings. The Morgan fingerprint density at radius 1 is 0.368 bits per heavy atom. The first kappa shape index (κ1) is 95.0. The molecule has 0 bridgehead atoms. The van der Waals surface area contributed by atoms with Crippen molar-refractivity contribution in [2.24, 2.45) is 0 Å². The number of aliphatic hydroxyl groups excluding tert-OH is 2. The van der Waals surface area contributed by atoms with Crippen LogP contribution in [0.2, 0.25) is 0 Å². The van der Waals surface area contributed by atoms with Crippen LogP contribution in [-0.2, 0) is 147 Å². The van der Waals surface area contributed by atoms with E-state index in [4.69, 9.17) is 57.2 Å². The minimum Gasteiger partial charge on any atom is -0.468 e. The summed E-state index contributed by atoms with van der Waals surface area (Å²) in [6.45, 7) is 10.3. The molecule has 0 radical (unpaired) electrons. The minimum atomic E-state index is -3.74. The SMILES string of the molecule is CCC1(S(=O)(=O)C2(CBr)CC2)COC1.CCC1(S(=O)(=O)C2(CO)CC2)COC1.CCC1(S(=O)(=O)C2(COCc3ccccc3)CC2)COC1.COC(=O)C1(S(=O)(=O)C2(COCc3ccccc3)CC2)COC1.COC(=O)Cl.O=S(=O)(C1(COCc2ccccc2)CC1)C1(CO)COC1.O=S(=O)(C1COC1)C1(COCc2ccccc2)CC1. The molecule has 36 heteroatoms. The quantitative estimate of drug-likeness (QED) is 0.0247. The van der Waals surface area contributed by atoms with Crippen LogP contribution < -0.4 is 0 Å². The Labute approximate surface area is 703 Å². The van der Waals surface area contributed by atoms with Gasteiger partial charge >= 0.3 is 11.4 Å². The molecule has 6 saturated heterocycles. The Morgan fingerprint density at radius 3 is 0.829 bits per heavy atom. The van der Waals surface area contributed by atoms with Crippen LogP contribution in [0.1, 0.15) is 139 Å². The molecule has 0 atom stereocenters. The number of methoxy groups -OCH3 is 2. The highest BCUT2D eigenvalue weighted by Gasteiger charge is 2.71. The summed E-state index contributed by atoms with van der Waals surface area (Å²) >= 11 is 7.93. The third kappa shape index (κ3) is 19.2. The van der Waals surface area contributed by atoms with E-state index in [1.54, 1.807) is 0 Å². The number of benzene rings is 4. The Balaban J connectivity index is 0.000000147. The van der Waals surface area contributed by atoms with Crippen molar-refractivity contribution >= 4 is 98.0 Å². The number of alkyl halides is 1. The third-order valence-electron chi connectivity index (χ3n) is 25.1. The largest absolute Gasteiger partial charge is 0.468 e. The van der Waals surface area contributed by atoms with Gasteiger partial charge in [-0.1, -0.05) is 158 Å². The molecule has 0 aromatic heterocycles. The number of carbonyl (C=O) groups is 2. The highest BCUT2D eigenvalue weighted by molar-refractivity contribution is 9.09. The van der Waals surface area contributed by atoms with Crippen molar-refractivity contribution in [3.05, 3.63) is 144 Å². The number of aliphatic hydroxyl groups is 2. The van der Waals surface area contributed by atoms with Crippen molar-refractivity contribution in [2.75, 3.05) is 138 Å². The molecule has 16 rings (SSSR count). The summed E-state index contributed by atoms with van der Waals surface area (Å²) in [5.41, 5.74) is 3.38. The minimum absolute atomic E-state index is 0.0863. The maximum atomic E-state index is 13.0. The van der Waals surface area contributed by atoms with Crippen molar-refractivity contribution in [3.63, 3.8) is 0 Å². The molecular weight excluding hydrogens is 1730 g/mol. The van der Waals surface area contributed by atoms with Crippen molar-refractivity contribution in [1.29, 1.82) is 0 Å². The smallest absolute Gasteiger partial charge is 0.403 e. The summed E-state index contributed by atoms with van der Waals surface area (Å²) in [7, 11) is -17.3. The van der Waals surface area contributed by atoms with Gasteiger partial charge in [0.2, 0.25) is 4.75 Å². The molecule has 0 spiro atoms. The van der Waals surface area contributed by atoms with Crippen LogP contribution in [0.5, 0.6) is 0 Å². The summed E-state index contributed by atoms with van der Waals surface area (Å²) in [6, 6.07) is 38.9. The normalized spacial score (nSPS) is 22.8. The monoisotopic (exact) mass is 1840 g/mol. The second-order valence-corrected chi connectivity index (χ2v) is 50.0. The standard InChI is InChI=1S/C16H20O6S.C16H22O4S.C15H20O5S.C14H18O4S.C9H15BrO3S.C9H16O4S.C2H3ClO2/c1-20-14(17)16(11-22-12-16)23(18,19)15(7-8-15)10-21-9-13-5-3-2-4-6-13;1-2-15(11-20-12-15)21(17,18)16(8-9-16)13-19-10-14-6-4-3-5-7-14;16-9-15(11-20-12-15)21(17,18)14(6-7-14)10-19-8-13-4-2-1-3-5-13;15-19(16,13-9-17-10-13)14(6-7-14)11-18-8-12-4-2-1-3-5-12;2*1-2-8(6-13-7-8)14(11,12)9(5-10)3-4-9;1-5-2(3)4/h2-6H,7-12H2,1H3;3-7H,2,8-13H2,1H3;1-5,16H,6-12H2;1-5,13H,6-11H2;2-7H2,1H3;10H,2-7H2,1H3;1H3. The van der Waals surface area contributed by atoms with Gasteiger partial charge in [-0.3, -0.25) is 4.79 Å². The highest BCUT2D eigenvalue weighted by atomic mass is 79.9. The van der Waals surface area contributed by atoms with E-state index in [2.05, 4.69) is 32.3 Å². The molecule has 6 saturated carbocycles. The van der Waals surface area contributed by atoms with Crippen LogP contribution in [-0.4, -0.2) is 268 Å². The average Bonchev–Trinajstić information content (AvgIpc) is 1.60. The van der Waals surface area contributed by atoms with Crippen LogP contribution in [0.3, 0.4) is 0 Å². The van der Waals surface area contributed by atoms with Crippen LogP contribution in [0.4, 0.5) is 4.79 Å². The van der Waals surface area contributed by atoms with Crippen LogP contribution >= 0.6 is 27.5 Å². The van der Waals surface area contributed by atoms with Crippen molar-refractivity contribution in [1.82, 2.24) is 0 Å². The number of rotatable bonds is 35. The van der Waals surface area contributed by atoms with E-state index in [0.29, 0.717) is 168 Å². The first-order valence-electron chi connectivity index (χ1n) is 39.5. The molecule has 28 nitrogen and oxygen atoms in total. The number of hydrogen-bond acceptors (Lipinski definition) is 28. The van der Waals surface area contributed by atoms with Gasteiger partial charge in [0.1, 0.15) is 24.2 Å². The van der Waals surface area contributed by atoms with E-state index < -0.39 is 123 Å². The van der Waals surface area contributed by atoms with Gasteiger partial charge in [-0.05, 0) is 119 Å². The van der Waals surface area contributed by atoms with E-state index in [1.807, 2.05) is 142 Å². The lowest BCUT2D eigenvalue weighted by Crippen LogP contribution is -2.65. The first-order chi connectivity index (χ1) is 55.6. The van der Waals surface area contributed by atoms with E-state index in [-0.39, 0.29) is 58.1 Å². The zero-order chi connectivity index (χ0) is 85.0. The van der Waals surface area contributed by atoms with Gasteiger partial charge in [-0.2, -0.15) is 0 Å². The van der Waals surface area contributed by atoms with Gasteiger partial charge in [0.05, 0.1) is 188 Å². The molecule has 2 N–H and O–H groups in total. The molecule has 4 aromatic carbocycles. The lowest BCUT2D eigenvalue weighted by Gasteiger charge is -2.42. The zero-order valence-corrected chi connectivity index (χ0v) is 74.4. The van der Waals surface area contributed by atoms with Crippen LogP contribution in [0.15, 0.2) is 121 Å². The number of esters is 1. The van der Waals surface area contributed by atoms with Crippen molar-refractivity contribution < 1.29 is 127 Å². The molecule has 0 amide bonds. The Kier molecular flexibility index (Phi) is 31.3. The van der Waals surface area contributed by atoms with Gasteiger partial charge < -0.3 is 67.1 Å². The summed E-state index contributed by atoms with van der Waals surface area (Å²) in [5.74, 6) is -0.738. The fraction of sp³-hybridized carbons (Fsp3) is 0.679. The molecule has 6 aliphatic heterocycles. The van der Waals surface area contributed by atoms with Gasteiger partial charge in [0.15, 0.2) is 59.0 Å². The molecule has 12 aliphatic rings. The zero-order valence-electron chi connectivity index (χ0n) is 67.2. The van der Waals surface area contributed by atoms with Gasteiger partial charge in [0.25, 0.3) is 0 Å². The second-order valence-electron chi connectivity index (χ2n) is 32.9. The fourth-order valence-electron chi connectivity index (χ4n) is 14.7. The van der Waals surface area contributed by atoms with Gasteiger partial charge in [-0.15, -0.1) is 0 Å². The van der Waals surface area contributed by atoms with Crippen LogP contribution in [0, 0.1) is 0 Å². The number of ether oxygens (including phenoxy) is 12. The number of halogens is 2. The van der Waals surface area contributed by atoms with E-state index in [1.165, 1.54) is 14.2 Å². The molecule has 6 aliphatic carbocycles. The first-order valence-corrected chi connectivity index (χ1v) is 50.0. The summed E-state index contributed by atoms with van der Waals surface area (Å²) in [6.07, 6.45) is 9.78. The predicted octanol–water partition coefficient (Wildman–Crippen LogP) is 8.49. The van der Waals surface area contributed by atoms with Crippen molar-refractivity contribution in [2.45, 2.75) is 201 Å². The van der Waals surface area contributed by atoms with E-state index in [0.717, 1.165) is 47.9 Å². The Bertz CT molecular complexity index is 4450. The maximum absolute atomic E-state index is 13.0. The molecular formula is C81H114BrClO28S6. The lowest BCUT2D eigenvalue weighted by atomic mass is 10.0. The average molecular weight is 1840 g/mol. The maximum Gasteiger partial charge on any atom is 0.403 e. The highest BCUT2D eigenvalue weighted by Crippen LogP contribution is 2.56. The number of sulfone groups is 6. The number of hydrogen-bond donors (Lipinski definition) is 2. The molecule has 0 unspecified atom stereocenters. The third-order valence-corrected chi connectivity index (χ3v) is 45.9. The second kappa shape index (κ2) is 38.5. The molecule has 6 heterocycles. The van der Waals surface area contributed by atoms with E-state index >= 15 is 0 Å².